The summed E-state index contributed by atoms with van der Waals surface area (Å²) in [6.07, 6.45) is 7.28. The number of hydrogen-bond acceptors (Lipinski definition) is 3. The highest BCUT2D eigenvalue weighted by Crippen LogP contribution is 2.32. The van der Waals surface area contributed by atoms with Gasteiger partial charge in [0.1, 0.15) is 11.5 Å². The second kappa shape index (κ2) is 8.26. The van der Waals surface area contributed by atoms with Crippen LogP contribution in [0.4, 0.5) is 0 Å². The average Bonchev–Trinajstić information content (AvgIpc) is 2.73. The number of ether oxygens (including phenoxy) is 2. The van der Waals surface area contributed by atoms with Crippen molar-refractivity contribution in [3.63, 3.8) is 0 Å². The number of fused-ring (bicyclic) bond motifs is 2. The fourth-order valence-electron chi connectivity index (χ4n) is 4.40. The number of rotatable bonds is 5. The Balaban J connectivity index is 1.41. The summed E-state index contributed by atoms with van der Waals surface area (Å²) in [7, 11) is 1.68. The number of carbonyl (C=O) groups is 1. The molecule has 0 spiro atoms. The van der Waals surface area contributed by atoms with Crippen LogP contribution < -0.4 is 14.8 Å². The number of amides is 1. The van der Waals surface area contributed by atoms with Gasteiger partial charge >= 0.3 is 0 Å². The molecule has 2 aliphatic carbocycles. The zero-order valence-corrected chi connectivity index (χ0v) is 16.8. The number of carbonyl (C=O) groups excluding carboxylic acids is 1. The number of hydrogen-bond donors (Lipinski definition) is 1. The molecule has 0 radical (unpaired) electrons. The topological polar surface area (TPSA) is 47.6 Å². The fourth-order valence-corrected chi connectivity index (χ4v) is 4.40. The Bertz CT molecular complexity index is 861. The standard InChI is InChI=1S/C24H29NO3/c1-16(28-21-11-10-17-6-3-4-7-18(17)14-21)24(26)25-23-9-5-8-19-15-20(27-2)12-13-22(19)23/h10-16,23H,3-9H2,1-2H3,(H,25,26)/t16-,23-/m0/s1. The molecule has 0 saturated carbocycles. The molecule has 0 aromatic heterocycles. The lowest BCUT2D eigenvalue weighted by Gasteiger charge is -2.28. The van der Waals surface area contributed by atoms with Crippen LogP contribution in [0.3, 0.4) is 0 Å². The van der Waals surface area contributed by atoms with Crippen LogP contribution in [0.1, 0.15) is 60.9 Å². The minimum absolute atomic E-state index is 0.0386. The van der Waals surface area contributed by atoms with Crippen LogP contribution in [0.25, 0.3) is 0 Å². The zero-order valence-electron chi connectivity index (χ0n) is 16.8. The molecule has 148 valence electrons. The van der Waals surface area contributed by atoms with Gasteiger partial charge in [0.25, 0.3) is 5.91 Å². The zero-order chi connectivity index (χ0) is 19.5. The lowest BCUT2D eigenvalue weighted by Crippen LogP contribution is -2.39. The van der Waals surface area contributed by atoms with E-state index in [2.05, 4.69) is 29.6 Å². The molecule has 4 nitrogen and oxygen atoms in total. The molecule has 2 aromatic rings. The first-order chi connectivity index (χ1) is 13.6. The first-order valence-electron chi connectivity index (χ1n) is 10.4. The first kappa shape index (κ1) is 18.9. The van der Waals surface area contributed by atoms with Crippen molar-refractivity contribution >= 4 is 5.91 Å². The second-order valence-electron chi connectivity index (χ2n) is 7.92. The van der Waals surface area contributed by atoms with Crippen LogP contribution >= 0.6 is 0 Å². The molecule has 0 saturated heterocycles. The van der Waals surface area contributed by atoms with Gasteiger partial charge in [0, 0.05) is 0 Å². The Morgan fingerprint density at radius 2 is 1.68 bits per heavy atom. The molecular formula is C24H29NO3. The van der Waals surface area contributed by atoms with Gasteiger partial charge in [-0.2, -0.15) is 0 Å². The third-order valence-electron chi connectivity index (χ3n) is 5.98. The SMILES string of the molecule is COc1ccc2c(c1)CCC[C@@H]2NC(=O)[C@H](C)Oc1ccc2c(c1)CCCC2. The first-order valence-corrected chi connectivity index (χ1v) is 10.4. The lowest BCUT2D eigenvalue weighted by atomic mass is 9.87. The molecule has 4 rings (SSSR count). The normalized spacial score (nSPS) is 19.1. The van der Waals surface area contributed by atoms with Crippen molar-refractivity contribution in [1.29, 1.82) is 0 Å². The molecule has 1 amide bonds. The third-order valence-corrected chi connectivity index (χ3v) is 5.98. The number of aryl methyl sites for hydroxylation is 3. The van der Waals surface area contributed by atoms with Gasteiger partial charge < -0.3 is 14.8 Å². The van der Waals surface area contributed by atoms with Crippen molar-refractivity contribution < 1.29 is 14.3 Å². The van der Waals surface area contributed by atoms with E-state index in [1.54, 1.807) is 7.11 Å². The van der Waals surface area contributed by atoms with E-state index in [1.807, 2.05) is 19.1 Å². The van der Waals surface area contributed by atoms with Crippen LogP contribution in [0.2, 0.25) is 0 Å². The van der Waals surface area contributed by atoms with Gasteiger partial charge in [0.15, 0.2) is 6.10 Å². The van der Waals surface area contributed by atoms with E-state index in [0.717, 1.165) is 43.6 Å². The molecule has 2 aromatic carbocycles. The van der Waals surface area contributed by atoms with E-state index in [0.29, 0.717) is 0 Å². The minimum atomic E-state index is -0.523. The summed E-state index contributed by atoms with van der Waals surface area (Å²) in [5.74, 6) is 1.60. The van der Waals surface area contributed by atoms with Crippen molar-refractivity contribution in [2.24, 2.45) is 0 Å². The highest BCUT2D eigenvalue weighted by atomic mass is 16.5. The summed E-state index contributed by atoms with van der Waals surface area (Å²) in [6, 6.07) is 12.4. The molecule has 0 aliphatic heterocycles. The van der Waals surface area contributed by atoms with Gasteiger partial charge in [0.2, 0.25) is 0 Å². The maximum Gasteiger partial charge on any atom is 0.261 e. The van der Waals surface area contributed by atoms with Crippen LogP contribution in [0.5, 0.6) is 11.5 Å². The van der Waals surface area contributed by atoms with Crippen LogP contribution in [0, 0.1) is 0 Å². The molecule has 2 aliphatic rings. The largest absolute Gasteiger partial charge is 0.497 e. The van der Waals surface area contributed by atoms with Crippen molar-refractivity contribution in [2.45, 2.75) is 64.0 Å². The predicted molar refractivity (Wildman–Crippen MR) is 110 cm³/mol. The van der Waals surface area contributed by atoms with E-state index in [-0.39, 0.29) is 11.9 Å². The summed E-state index contributed by atoms with van der Waals surface area (Å²) < 4.78 is 11.3. The lowest BCUT2D eigenvalue weighted by molar-refractivity contribution is -0.128. The molecule has 2 atom stereocenters. The van der Waals surface area contributed by atoms with Gasteiger partial charge in [-0.05, 0) is 98.4 Å². The summed E-state index contributed by atoms with van der Waals surface area (Å²) in [5, 5.41) is 3.19. The Labute approximate surface area is 167 Å². The second-order valence-corrected chi connectivity index (χ2v) is 7.92. The smallest absolute Gasteiger partial charge is 0.261 e. The Morgan fingerprint density at radius 1 is 0.964 bits per heavy atom. The van der Waals surface area contributed by atoms with E-state index in [1.165, 1.54) is 35.1 Å². The van der Waals surface area contributed by atoms with Crippen LogP contribution in [-0.4, -0.2) is 19.1 Å². The van der Waals surface area contributed by atoms with Gasteiger partial charge in [-0.3, -0.25) is 4.79 Å². The van der Waals surface area contributed by atoms with E-state index in [4.69, 9.17) is 9.47 Å². The monoisotopic (exact) mass is 379 g/mol. The summed E-state index contributed by atoms with van der Waals surface area (Å²) in [5.41, 5.74) is 5.25. The highest BCUT2D eigenvalue weighted by molar-refractivity contribution is 5.81. The van der Waals surface area contributed by atoms with E-state index >= 15 is 0 Å². The highest BCUT2D eigenvalue weighted by Gasteiger charge is 2.25. The summed E-state index contributed by atoms with van der Waals surface area (Å²) >= 11 is 0. The quantitative estimate of drug-likeness (QED) is 0.830. The minimum Gasteiger partial charge on any atom is -0.497 e. The molecule has 4 heteroatoms. The Hall–Kier alpha value is -2.49. The van der Waals surface area contributed by atoms with Crippen molar-refractivity contribution in [3.05, 3.63) is 58.7 Å². The van der Waals surface area contributed by atoms with Crippen molar-refractivity contribution in [1.82, 2.24) is 5.32 Å². The number of benzene rings is 2. The van der Waals surface area contributed by atoms with Crippen molar-refractivity contribution in [2.75, 3.05) is 7.11 Å². The van der Waals surface area contributed by atoms with Crippen LogP contribution in [-0.2, 0) is 24.1 Å². The molecule has 0 fully saturated rings. The Morgan fingerprint density at radius 3 is 2.50 bits per heavy atom. The molecule has 28 heavy (non-hydrogen) atoms. The van der Waals surface area contributed by atoms with Gasteiger partial charge in [-0.1, -0.05) is 12.1 Å². The molecule has 0 unspecified atom stereocenters. The van der Waals surface area contributed by atoms with Gasteiger partial charge in [-0.15, -0.1) is 0 Å². The molecule has 1 N–H and O–H groups in total. The van der Waals surface area contributed by atoms with Crippen molar-refractivity contribution in [3.8, 4) is 11.5 Å². The van der Waals surface area contributed by atoms with Gasteiger partial charge in [-0.25, -0.2) is 0 Å². The van der Waals surface area contributed by atoms with Crippen LogP contribution in [0.15, 0.2) is 36.4 Å². The molecule has 0 bridgehead atoms. The summed E-state index contributed by atoms with van der Waals surface area (Å²) in [6.45, 7) is 1.83. The average molecular weight is 380 g/mol. The summed E-state index contributed by atoms with van der Waals surface area (Å²) in [4.78, 5) is 12.8. The maximum atomic E-state index is 12.8. The van der Waals surface area contributed by atoms with E-state index in [9.17, 15) is 4.79 Å². The molecule has 0 heterocycles. The predicted octanol–water partition coefficient (Wildman–Crippen LogP) is 4.54. The number of methoxy groups -OCH3 is 1. The maximum absolute atomic E-state index is 12.8. The van der Waals surface area contributed by atoms with E-state index < -0.39 is 6.10 Å². The molecular weight excluding hydrogens is 350 g/mol. The Kier molecular flexibility index (Phi) is 5.56. The fraction of sp³-hybridized carbons (Fsp3) is 0.458. The van der Waals surface area contributed by atoms with Gasteiger partial charge in [0.05, 0.1) is 13.2 Å². The number of nitrogens with one attached hydrogen (secondary N) is 1. The third kappa shape index (κ3) is 4.01.